The van der Waals surface area contributed by atoms with E-state index in [1.807, 2.05) is 0 Å². The molecule has 0 spiro atoms. The van der Waals surface area contributed by atoms with Gasteiger partial charge in [-0.2, -0.15) is 0 Å². The average Bonchev–Trinajstić information content (AvgIpc) is 0.913. The Kier molecular flexibility index (Phi) is 62.4. The Morgan fingerprint density at radius 1 is 0.259 bits per heavy atom. The second-order valence-electron chi connectivity index (χ2n) is 24.4. The molecule has 0 aromatic rings. The number of phosphoric ester groups is 7. The monoisotopic (exact) mass is 1740 g/mol. The van der Waals surface area contributed by atoms with Gasteiger partial charge in [-0.15, -0.1) is 49.4 Å². The number of terminal acetylenes is 4. The summed E-state index contributed by atoms with van der Waals surface area (Å²) in [6, 6.07) is 0. The van der Waals surface area contributed by atoms with Crippen molar-refractivity contribution in [1.29, 1.82) is 0 Å². The molecule has 0 bridgehead atoms. The summed E-state index contributed by atoms with van der Waals surface area (Å²) in [7, 11) is -32.0. The number of phosphoric acid groups is 7. The summed E-state index contributed by atoms with van der Waals surface area (Å²) in [5.74, 6) is 6.25. The fourth-order valence-electron chi connectivity index (χ4n) is 8.75. The minimum atomic E-state index is -4.95. The van der Waals surface area contributed by atoms with Crippen molar-refractivity contribution < 1.29 is 158 Å². The average molecular weight is 1740 g/mol. The molecule has 0 fully saturated rings. The fraction of sp³-hybridized carbons (Fsp3) is 0.785. The summed E-state index contributed by atoms with van der Waals surface area (Å²) in [6.07, 6.45) is 23.2. The van der Waals surface area contributed by atoms with Gasteiger partial charge in [0, 0.05) is 103 Å². The van der Waals surface area contributed by atoms with E-state index in [1.54, 1.807) is 0 Å². The van der Waals surface area contributed by atoms with E-state index in [0.717, 1.165) is 0 Å². The molecule has 0 saturated heterocycles. The van der Waals surface area contributed by atoms with E-state index in [9.17, 15) is 95.0 Å². The van der Waals surface area contributed by atoms with Crippen LogP contribution in [0.2, 0.25) is 0 Å². The zero-order chi connectivity index (χ0) is 83.9. The molecule has 6 amide bonds. The first-order valence-electron chi connectivity index (χ1n) is 36.8. The largest absolute Gasteiger partial charge is 0.472 e. The van der Waals surface area contributed by atoms with Crippen LogP contribution in [0.15, 0.2) is 0 Å². The Labute approximate surface area is 656 Å². The molecule has 646 valence electrons. The maximum Gasteiger partial charge on any atom is 0.472 e. The molecule has 0 aromatic heterocycles. The molecule has 0 aliphatic rings. The summed E-state index contributed by atoms with van der Waals surface area (Å²) in [4.78, 5) is 148. The number of amides is 6. The fourth-order valence-corrected chi connectivity index (χ4v) is 14.7. The Bertz CT molecular complexity index is 2890. The van der Waals surface area contributed by atoms with Gasteiger partial charge in [0.15, 0.2) is 0 Å². The number of carbonyl (C=O) groups excluding carboxylic acids is 6. The number of unbranched alkanes of at least 4 members (excludes halogenated alkanes) is 14. The van der Waals surface area contributed by atoms with Crippen LogP contribution in [0.4, 0.5) is 0 Å². The van der Waals surface area contributed by atoms with Crippen LogP contribution in [0.5, 0.6) is 0 Å². The van der Waals surface area contributed by atoms with Crippen LogP contribution in [0, 0.1) is 49.4 Å². The summed E-state index contributed by atoms with van der Waals surface area (Å²) in [5, 5.41) is 15.1. The van der Waals surface area contributed by atoms with Crippen molar-refractivity contribution in [2.45, 2.75) is 218 Å². The topological polar surface area (TPSA) is 565 Å². The Morgan fingerprint density at radius 2 is 0.411 bits per heavy atom. The van der Waals surface area contributed by atoms with Crippen molar-refractivity contribution >= 4 is 90.2 Å². The predicted molar refractivity (Wildman–Crippen MR) is 406 cm³/mol. The van der Waals surface area contributed by atoms with E-state index < -0.39 is 161 Å². The molecule has 0 heterocycles. The molecule has 112 heavy (non-hydrogen) atoms. The molecule has 0 radical (unpaired) electrons. The molecule has 0 aliphatic heterocycles. The van der Waals surface area contributed by atoms with Crippen molar-refractivity contribution in [2.75, 3.05) is 112 Å². The highest BCUT2D eigenvalue weighted by molar-refractivity contribution is 7.49. The number of rotatable bonds is 76. The van der Waals surface area contributed by atoms with E-state index in [4.69, 9.17) is 89.0 Å². The van der Waals surface area contributed by atoms with Gasteiger partial charge in [-0.1, -0.05) is 0 Å². The Balaban J connectivity index is 5.54. The highest BCUT2D eigenvalue weighted by Gasteiger charge is 2.32. The summed E-state index contributed by atoms with van der Waals surface area (Å²) in [5.41, 5.74) is 0. The lowest BCUT2D eigenvalue weighted by Crippen LogP contribution is -2.41. The van der Waals surface area contributed by atoms with Crippen molar-refractivity contribution in [3.05, 3.63) is 0 Å². The van der Waals surface area contributed by atoms with Gasteiger partial charge in [-0.3, -0.25) is 92.1 Å². The van der Waals surface area contributed by atoms with Gasteiger partial charge in [-0.05, 0) is 135 Å². The maximum absolute atomic E-state index is 13.2. The van der Waals surface area contributed by atoms with Crippen LogP contribution >= 0.6 is 54.8 Å². The van der Waals surface area contributed by atoms with Crippen molar-refractivity contribution in [2.24, 2.45) is 0 Å². The second-order valence-corrected chi connectivity index (χ2v) is 34.5. The van der Waals surface area contributed by atoms with Gasteiger partial charge in [0.25, 0.3) is 0 Å². The molecule has 40 nitrogen and oxygen atoms in total. The van der Waals surface area contributed by atoms with Gasteiger partial charge in [0.2, 0.25) is 35.4 Å². The van der Waals surface area contributed by atoms with E-state index in [1.165, 1.54) is 6.92 Å². The van der Waals surface area contributed by atoms with E-state index in [0.29, 0.717) is 77.0 Å². The van der Waals surface area contributed by atoms with E-state index >= 15 is 0 Å². The van der Waals surface area contributed by atoms with Crippen LogP contribution in [-0.2, 0) is 124 Å². The normalized spacial score (nSPS) is 16.0. The van der Waals surface area contributed by atoms with Gasteiger partial charge in [0.1, 0.15) is 18.3 Å². The van der Waals surface area contributed by atoms with Gasteiger partial charge in [0.05, 0.1) is 72.7 Å². The molecule has 7 unspecified atom stereocenters. The van der Waals surface area contributed by atoms with Crippen LogP contribution in [-0.4, -0.2) is 200 Å². The minimum Gasteiger partial charge on any atom is -0.353 e. The zero-order valence-electron chi connectivity index (χ0n) is 63.6. The molecular weight excluding hydrogens is 1630 g/mol. The first-order chi connectivity index (χ1) is 53.0. The Morgan fingerprint density at radius 3 is 0.571 bits per heavy atom. The van der Waals surface area contributed by atoms with Crippen molar-refractivity contribution in [3.8, 4) is 49.4 Å². The number of hydrogen-bond donors (Lipinski definition) is 13. The molecule has 47 heteroatoms. The zero-order valence-corrected chi connectivity index (χ0v) is 69.8. The number of nitrogens with one attached hydrogen (secondary N) is 6. The van der Waals surface area contributed by atoms with Crippen LogP contribution < -0.4 is 31.9 Å². The quantitative estimate of drug-likeness (QED) is 0.0156. The standard InChI is InChI=1S/C65H117N6O34P7/c1-6-11-15-25-41-93-106(78,79)97-45-29-19-35-60(72)68-53-58(54-69-61(73)36-20-30-46-98-107(80,81)94-42-26-16-12-7-2)104-111(88,89)101-49-33-23-39-64(76)66-51-57(103-110(86,87)92-10-5)52-67-65(77)40-24-34-50-102-112(90,91)105-59(55-70-62(74)37-21-31-47-99-108(82,83)95-43-27-17-13-8-3)56-71-63(75)38-22-32-48-100-109(84,85)96-44-28-18-14-9-4/h1-4,57-59H,10-56H2,5H3,(H,66,76)(H,67,77)(H,68,72)(H,69,73)(H,70,74)(H,71,75)(H,78,79)(H,80,81)(H,82,83)(H,84,85)(H,86,87)(H,88,89)(H,90,91). The predicted octanol–water partition coefficient (Wildman–Crippen LogP) is 7.98. The summed E-state index contributed by atoms with van der Waals surface area (Å²) >= 11 is 0. The Hall–Kier alpha value is -4.17. The second kappa shape index (κ2) is 64.9. The first-order valence-corrected chi connectivity index (χ1v) is 47.3. The number of hydrogen-bond acceptors (Lipinski definition) is 27. The van der Waals surface area contributed by atoms with Crippen LogP contribution in [0.3, 0.4) is 0 Å². The molecular formula is C65H117N6O34P7. The third kappa shape index (κ3) is 67.9. The van der Waals surface area contributed by atoms with Gasteiger partial charge in [-0.25, -0.2) is 32.0 Å². The smallest absolute Gasteiger partial charge is 0.353 e. The van der Waals surface area contributed by atoms with Gasteiger partial charge < -0.3 is 66.2 Å². The molecule has 0 rings (SSSR count). The third-order valence-electron chi connectivity index (χ3n) is 14.5. The van der Waals surface area contributed by atoms with Crippen molar-refractivity contribution in [3.63, 3.8) is 0 Å². The van der Waals surface area contributed by atoms with E-state index in [-0.39, 0.29) is 175 Å². The highest BCUT2D eigenvalue weighted by atomic mass is 31.2. The molecule has 0 aliphatic carbocycles. The first kappa shape index (κ1) is 108. The third-order valence-corrected chi connectivity index (χ3v) is 21.9. The van der Waals surface area contributed by atoms with E-state index in [2.05, 4.69) is 55.6 Å². The lowest BCUT2D eigenvalue weighted by atomic mass is 10.2. The van der Waals surface area contributed by atoms with Gasteiger partial charge >= 0.3 is 54.8 Å². The lowest BCUT2D eigenvalue weighted by Gasteiger charge is -2.22. The summed E-state index contributed by atoms with van der Waals surface area (Å²) < 4.78 is 158. The van der Waals surface area contributed by atoms with Crippen LogP contribution in [0.1, 0.15) is 200 Å². The number of carbonyl (C=O) groups is 6. The summed E-state index contributed by atoms with van der Waals surface area (Å²) in [6.45, 7) is -3.42. The van der Waals surface area contributed by atoms with Crippen LogP contribution in [0.25, 0.3) is 0 Å². The highest BCUT2D eigenvalue weighted by Crippen LogP contribution is 2.48. The maximum atomic E-state index is 13.2. The SMILES string of the molecule is C#CCCCCOP(=O)(O)OCCCCC(=O)NCC(CNC(=O)CCCCOP(=O)(O)OCCCCC#C)OP(=O)(O)OCCCCC(=O)NCC(CNC(=O)CCCCOP(=O)(O)OC(CNC(=O)CCCCOP(=O)(O)OCCCCC#C)CNC(=O)CCCCOP(=O)(O)OCCCCC#C)OP(=O)(O)OCC. The molecule has 7 atom stereocenters. The molecule has 0 aromatic carbocycles. The lowest BCUT2D eigenvalue weighted by molar-refractivity contribution is -0.123. The molecule has 13 N–H and O–H groups in total. The molecule has 0 saturated carbocycles. The van der Waals surface area contributed by atoms with Crippen molar-refractivity contribution in [1.82, 2.24) is 31.9 Å². The minimum absolute atomic E-state index is 0.0115.